The molecule has 1 unspecified atom stereocenters. The summed E-state index contributed by atoms with van der Waals surface area (Å²) in [5, 5.41) is 9.80. The van der Waals surface area contributed by atoms with Crippen LogP contribution in [0.15, 0.2) is 12.7 Å². The Morgan fingerprint density at radius 1 is 1.42 bits per heavy atom. The van der Waals surface area contributed by atoms with E-state index in [0.29, 0.717) is 12.8 Å². The van der Waals surface area contributed by atoms with Gasteiger partial charge in [0.2, 0.25) is 0 Å². The van der Waals surface area contributed by atoms with E-state index in [-0.39, 0.29) is 6.61 Å². The summed E-state index contributed by atoms with van der Waals surface area (Å²) < 4.78 is 10.1. The Balaban J connectivity index is 2.74. The molecule has 1 aliphatic rings. The number of amides is 1. The van der Waals surface area contributed by atoms with Crippen molar-refractivity contribution in [3.8, 4) is 0 Å². The van der Waals surface area contributed by atoms with Crippen molar-refractivity contribution >= 4 is 12.1 Å². The SMILES string of the molecule is C=CCOC(=O)[C@@H]1CCC(O)N1C(=O)OC(C)(C)C. The van der Waals surface area contributed by atoms with Crippen LogP contribution in [0, 0.1) is 0 Å². The number of esters is 1. The fourth-order valence-electron chi connectivity index (χ4n) is 1.83. The lowest BCUT2D eigenvalue weighted by molar-refractivity contribution is -0.149. The van der Waals surface area contributed by atoms with E-state index in [4.69, 9.17) is 9.47 Å². The van der Waals surface area contributed by atoms with Crippen LogP contribution < -0.4 is 0 Å². The van der Waals surface area contributed by atoms with Gasteiger partial charge in [0.15, 0.2) is 0 Å². The summed E-state index contributed by atoms with van der Waals surface area (Å²) in [7, 11) is 0. The predicted octanol–water partition coefficient (Wildman–Crippen LogP) is 1.43. The molecule has 6 heteroatoms. The maximum atomic E-state index is 12.0. The van der Waals surface area contributed by atoms with Crippen LogP contribution in [0.3, 0.4) is 0 Å². The highest BCUT2D eigenvalue weighted by atomic mass is 16.6. The predicted molar refractivity (Wildman–Crippen MR) is 68.3 cm³/mol. The van der Waals surface area contributed by atoms with Crippen molar-refractivity contribution in [2.45, 2.75) is 51.5 Å². The van der Waals surface area contributed by atoms with Crippen molar-refractivity contribution in [1.29, 1.82) is 0 Å². The average molecular weight is 271 g/mol. The summed E-state index contributed by atoms with van der Waals surface area (Å²) >= 11 is 0. The average Bonchev–Trinajstić information content (AvgIpc) is 2.65. The minimum atomic E-state index is -1.02. The highest BCUT2D eigenvalue weighted by molar-refractivity contribution is 5.82. The summed E-state index contributed by atoms with van der Waals surface area (Å²) in [5.41, 5.74) is -0.686. The van der Waals surface area contributed by atoms with Crippen molar-refractivity contribution in [3.63, 3.8) is 0 Å². The number of nitrogens with zero attached hydrogens (tertiary/aromatic N) is 1. The molecule has 6 nitrogen and oxygen atoms in total. The van der Waals surface area contributed by atoms with E-state index < -0.39 is 29.9 Å². The Bertz CT molecular complexity index is 361. The third-order valence-corrected chi connectivity index (χ3v) is 2.58. The number of rotatable bonds is 3. The van der Waals surface area contributed by atoms with Crippen LogP contribution in [-0.2, 0) is 14.3 Å². The molecule has 1 saturated heterocycles. The highest BCUT2D eigenvalue weighted by Gasteiger charge is 2.43. The Morgan fingerprint density at radius 3 is 2.58 bits per heavy atom. The molecule has 2 atom stereocenters. The monoisotopic (exact) mass is 271 g/mol. The van der Waals surface area contributed by atoms with Crippen LogP contribution in [0.1, 0.15) is 33.6 Å². The number of aliphatic hydroxyl groups is 1. The van der Waals surface area contributed by atoms with Gasteiger partial charge in [-0.1, -0.05) is 12.7 Å². The zero-order valence-electron chi connectivity index (χ0n) is 11.6. The summed E-state index contributed by atoms with van der Waals surface area (Å²) in [6, 6.07) is -0.801. The Morgan fingerprint density at radius 2 is 2.05 bits per heavy atom. The third-order valence-electron chi connectivity index (χ3n) is 2.58. The van der Waals surface area contributed by atoms with Gasteiger partial charge < -0.3 is 14.6 Å². The van der Waals surface area contributed by atoms with E-state index in [9.17, 15) is 14.7 Å². The second-order valence-corrected chi connectivity index (χ2v) is 5.38. The van der Waals surface area contributed by atoms with Gasteiger partial charge in [-0.25, -0.2) is 9.59 Å². The van der Waals surface area contributed by atoms with Gasteiger partial charge in [0.1, 0.15) is 24.5 Å². The molecule has 1 fully saturated rings. The van der Waals surface area contributed by atoms with Gasteiger partial charge in [-0.15, -0.1) is 0 Å². The van der Waals surface area contributed by atoms with E-state index in [1.54, 1.807) is 20.8 Å². The maximum Gasteiger partial charge on any atom is 0.413 e. The second kappa shape index (κ2) is 6.06. The molecule has 108 valence electrons. The van der Waals surface area contributed by atoms with E-state index >= 15 is 0 Å². The van der Waals surface area contributed by atoms with Crippen LogP contribution in [0.4, 0.5) is 4.79 Å². The molecule has 0 spiro atoms. The molecule has 0 aromatic carbocycles. The van der Waals surface area contributed by atoms with Crippen LogP contribution in [0.2, 0.25) is 0 Å². The molecule has 1 aliphatic heterocycles. The van der Waals surface area contributed by atoms with E-state index in [1.807, 2.05) is 0 Å². The quantitative estimate of drug-likeness (QED) is 0.621. The molecule has 19 heavy (non-hydrogen) atoms. The van der Waals surface area contributed by atoms with Gasteiger partial charge in [0.05, 0.1) is 0 Å². The Hall–Kier alpha value is -1.56. The summed E-state index contributed by atoms with van der Waals surface area (Å²) in [6.45, 7) is 8.68. The molecule has 0 aromatic heterocycles. The van der Waals surface area contributed by atoms with Gasteiger partial charge in [-0.05, 0) is 33.6 Å². The fraction of sp³-hybridized carbons (Fsp3) is 0.692. The normalized spacial score (nSPS) is 23.1. The lowest BCUT2D eigenvalue weighted by Gasteiger charge is -2.29. The van der Waals surface area contributed by atoms with Crippen LogP contribution >= 0.6 is 0 Å². The van der Waals surface area contributed by atoms with Crippen LogP contribution in [0.5, 0.6) is 0 Å². The second-order valence-electron chi connectivity index (χ2n) is 5.38. The summed E-state index contributed by atoms with van der Waals surface area (Å²) in [4.78, 5) is 24.8. The topological polar surface area (TPSA) is 76.1 Å². The Labute approximate surface area is 113 Å². The van der Waals surface area contributed by atoms with E-state index in [2.05, 4.69) is 6.58 Å². The molecular formula is C13H21NO5. The molecule has 1 N–H and O–H groups in total. The minimum absolute atomic E-state index is 0.0770. The molecule has 0 aromatic rings. The molecule has 1 heterocycles. The first-order chi connectivity index (χ1) is 8.76. The van der Waals surface area contributed by atoms with Crippen LogP contribution in [-0.4, -0.2) is 46.5 Å². The molecule has 0 aliphatic carbocycles. The van der Waals surface area contributed by atoms with Crippen LogP contribution in [0.25, 0.3) is 0 Å². The van der Waals surface area contributed by atoms with E-state index in [1.165, 1.54) is 6.08 Å². The van der Waals surface area contributed by atoms with Crippen molar-refractivity contribution in [2.24, 2.45) is 0 Å². The minimum Gasteiger partial charge on any atom is -0.460 e. The molecule has 1 rings (SSSR count). The van der Waals surface area contributed by atoms with Gasteiger partial charge in [-0.2, -0.15) is 0 Å². The lowest BCUT2D eigenvalue weighted by Crippen LogP contribution is -2.47. The van der Waals surface area contributed by atoms with Gasteiger partial charge in [-0.3, -0.25) is 4.90 Å². The number of hydrogen-bond acceptors (Lipinski definition) is 5. The number of ether oxygens (including phenoxy) is 2. The standard InChI is InChI=1S/C13H21NO5/c1-5-8-18-11(16)9-6-7-10(15)14(9)12(17)19-13(2,3)4/h5,9-10,15H,1,6-8H2,2-4H3/t9-,10?/m0/s1. The van der Waals surface area contributed by atoms with Gasteiger partial charge in [0, 0.05) is 0 Å². The summed E-state index contributed by atoms with van der Waals surface area (Å²) in [6.07, 6.45) is 0.402. The van der Waals surface area contributed by atoms with Crippen molar-refractivity contribution in [2.75, 3.05) is 6.61 Å². The molecule has 1 amide bonds. The molecule has 0 radical (unpaired) electrons. The number of carbonyl (C=O) groups is 2. The smallest absolute Gasteiger partial charge is 0.413 e. The molecular weight excluding hydrogens is 250 g/mol. The van der Waals surface area contributed by atoms with Gasteiger partial charge in [0.25, 0.3) is 0 Å². The van der Waals surface area contributed by atoms with E-state index in [0.717, 1.165) is 4.90 Å². The number of aliphatic hydroxyl groups excluding tert-OH is 1. The zero-order valence-corrected chi connectivity index (χ0v) is 11.6. The number of carbonyl (C=O) groups excluding carboxylic acids is 2. The van der Waals surface area contributed by atoms with Crippen molar-refractivity contribution in [1.82, 2.24) is 4.90 Å². The first kappa shape index (κ1) is 15.5. The number of likely N-dealkylation sites (tertiary alicyclic amines) is 1. The van der Waals surface area contributed by atoms with Crippen molar-refractivity contribution < 1.29 is 24.2 Å². The largest absolute Gasteiger partial charge is 0.460 e. The highest BCUT2D eigenvalue weighted by Crippen LogP contribution is 2.26. The van der Waals surface area contributed by atoms with Gasteiger partial charge >= 0.3 is 12.1 Å². The third kappa shape index (κ3) is 4.24. The maximum absolute atomic E-state index is 12.0. The fourth-order valence-corrected chi connectivity index (χ4v) is 1.83. The van der Waals surface area contributed by atoms with Crippen molar-refractivity contribution in [3.05, 3.63) is 12.7 Å². The number of hydrogen-bond donors (Lipinski definition) is 1. The first-order valence-electron chi connectivity index (χ1n) is 6.23. The summed E-state index contributed by atoms with van der Waals surface area (Å²) in [5.74, 6) is -0.553. The Kier molecular flexibility index (Phi) is 4.94. The first-order valence-corrected chi connectivity index (χ1v) is 6.23. The zero-order chi connectivity index (χ0) is 14.6. The molecule has 0 saturated carbocycles. The molecule has 0 bridgehead atoms. The lowest BCUT2D eigenvalue weighted by atomic mass is 10.2.